The number of ether oxygens (including phenoxy) is 1. The van der Waals surface area contributed by atoms with E-state index in [-0.39, 0.29) is 31.8 Å². The van der Waals surface area contributed by atoms with Crippen LogP contribution >= 0.6 is 0 Å². The van der Waals surface area contributed by atoms with Crippen LogP contribution in [0.15, 0.2) is 129 Å². The molecule has 1 heterocycles. The molecule has 0 radical (unpaired) electrons. The van der Waals surface area contributed by atoms with Crippen molar-refractivity contribution in [2.24, 2.45) is 47.3 Å². The Hall–Kier alpha value is -3.78. The summed E-state index contributed by atoms with van der Waals surface area (Å²) in [6.45, 7) is 7.56. The first-order valence-corrected chi connectivity index (χ1v) is 31.6. The third kappa shape index (κ3) is 15.0. The second kappa shape index (κ2) is 23.2. The van der Waals surface area contributed by atoms with Gasteiger partial charge in [-0.3, -0.25) is 17.5 Å². The fraction of sp³-hybridized carbons (Fsp3) is 0.536. The van der Waals surface area contributed by atoms with Crippen LogP contribution in [0.2, 0.25) is 0 Å². The molecular weight excluding hydrogens is 1010 g/mol. The Morgan fingerprint density at radius 1 is 0.384 bits per heavy atom. The van der Waals surface area contributed by atoms with Crippen molar-refractivity contribution >= 4 is 40.5 Å². The minimum atomic E-state index is -4.02. The molecule has 12 unspecified atom stereocenters. The van der Waals surface area contributed by atoms with Gasteiger partial charge >= 0.3 is 0 Å². The van der Waals surface area contributed by atoms with Gasteiger partial charge in [0.2, 0.25) is 0 Å². The number of epoxide rings is 1. The lowest BCUT2D eigenvalue weighted by Gasteiger charge is -2.21. The third-order valence-corrected chi connectivity index (χ3v) is 20.7. The summed E-state index contributed by atoms with van der Waals surface area (Å²) in [6, 6.07) is 25.7. The van der Waals surface area contributed by atoms with Crippen molar-refractivity contribution in [2.45, 2.75) is 162 Å². The fourth-order valence-corrected chi connectivity index (χ4v) is 15.4. The summed E-state index contributed by atoms with van der Waals surface area (Å²) in [5, 5.41) is 0. The van der Waals surface area contributed by atoms with Gasteiger partial charge in [0.25, 0.3) is 40.5 Å². The van der Waals surface area contributed by atoms with E-state index in [0.29, 0.717) is 23.7 Å². The van der Waals surface area contributed by atoms with Crippen molar-refractivity contribution in [3.63, 3.8) is 0 Å². The first-order valence-electron chi connectivity index (χ1n) is 25.9. The molecule has 0 spiro atoms. The van der Waals surface area contributed by atoms with Crippen LogP contribution in [0, 0.1) is 75.0 Å². The Morgan fingerprint density at radius 2 is 0.699 bits per heavy atom. The zero-order valence-electron chi connectivity index (χ0n) is 42.2. The van der Waals surface area contributed by atoms with Crippen LogP contribution < -0.4 is 0 Å². The largest absolute Gasteiger partial charge is 0.369 e. The monoisotopic (exact) mass is 1080 g/mol. The normalized spacial score (nSPS) is 30.3. The third-order valence-electron chi connectivity index (χ3n) is 16.3. The highest BCUT2D eigenvalue weighted by atomic mass is 32.2. The topological polar surface area (TPSA) is 208 Å². The average molecular weight is 1080 g/mol. The van der Waals surface area contributed by atoms with Crippen molar-refractivity contribution in [2.75, 3.05) is 0 Å². The second-order valence-corrected chi connectivity index (χ2v) is 27.8. The number of benzene rings is 4. The number of rotatable bonds is 8. The standard InChI is InChI=1S/2C14H18O3S.2C7H8O3S.C7H10O.C7H10/c2*1-10-2-6-13(7-3-10)18(15,16)17-14-9-11-4-5-12(14)8-11;2*1-6-2-4-7(5-3-6)11(8,9)10;1-2-5-3-4(1)6-7(5)8-6;1-2-7-4-3-6(1)5-7/h2*2-3,6-7,11-12,14H,4-5,8-9H2,1H3;2*2-5H,1H3,(H,8,9,10);4-7H,1-3H2;1-2,6-7H,3-5H2. The molecule has 7 saturated carbocycles. The summed E-state index contributed by atoms with van der Waals surface area (Å²) in [7, 11) is -15.2. The van der Waals surface area contributed by atoms with Crippen molar-refractivity contribution < 1.29 is 55.9 Å². The quantitative estimate of drug-likeness (QED) is 0.0729. The first kappa shape index (κ1) is 55.5. The fourth-order valence-electron chi connectivity index (χ4n) is 12.1. The van der Waals surface area contributed by atoms with Gasteiger partial charge in [-0.1, -0.05) is 82.9 Å². The minimum absolute atomic E-state index is 0.0666. The summed E-state index contributed by atoms with van der Waals surface area (Å²) >= 11 is 0. The van der Waals surface area contributed by atoms with Crippen molar-refractivity contribution in [3.05, 3.63) is 131 Å². The average Bonchev–Trinajstić information content (AvgIpc) is 4.18. The highest BCUT2D eigenvalue weighted by Crippen LogP contribution is 2.56. The molecule has 8 fully saturated rings. The van der Waals surface area contributed by atoms with Gasteiger partial charge in [0, 0.05) is 0 Å². The Bertz CT molecular complexity index is 2780. The Balaban J connectivity index is 0.000000121. The van der Waals surface area contributed by atoms with Crippen LogP contribution in [-0.2, 0) is 53.6 Å². The minimum Gasteiger partial charge on any atom is -0.369 e. The van der Waals surface area contributed by atoms with Gasteiger partial charge in [0.05, 0.1) is 44.0 Å². The molecule has 12 atom stereocenters. The number of hydrogen-bond donors (Lipinski definition) is 2. The molecule has 2 N–H and O–H groups in total. The van der Waals surface area contributed by atoms with Crippen LogP contribution in [0.5, 0.6) is 0 Å². The van der Waals surface area contributed by atoms with E-state index < -0.39 is 40.5 Å². The van der Waals surface area contributed by atoms with E-state index in [1.165, 1.54) is 75.6 Å². The summed E-state index contributed by atoms with van der Waals surface area (Å²) in [5.41, 5.74) is 4.01. The lowest BCUT2D eigenvalue weighted by Crippen LogP contribution is -2.24. The van der Waals surface area contributed by atoms with Crippen LogP contribution in [0.3, 0.4) is 0 Å². The van der Waals surface area contributed by atoms with Gasteiger partial charge in [0.1, 0.15) is 0 Å². The molecule has 73 heavy (non-hydrogen) atoms. The van der Waals surface area contributed by atoms with E-state index in [0.717, 1.165) is 96.7 Å². The predicted molar refractivity (Wildman–Crippen MR) is 279 cm³/mol. The van der Waals surface area contributed by atoms with E-state index in [1.54, 1.807) is 72.8 Å². The van der Waals surface area contributed by atoms with Gasteiger partial charge in [-0.25, -0.2) is 0 Å². The summed E-state index contributed by atoms with van der Waals surface area (Å²) in [6.07, 6.45) is 23.8. The molecule has 8 bridgehead atoms. The van der Waals surface area contributed by atoms with Gasteiger partial charge < -0.3 is 4.74 Å². The molecular formula is C56H72O13S4. The molecule has 13 rings (SSSR count). The molecule has 0 amide bonds. The van der Waals surface area contributed by atoms with Crippen molar-refractivity contribution in [1.29, 1.82) is 0 Å². The predicted octanol–water partition coefficient (Wildman–Crippen LogP) is 11.4. The Labute approximate surface area is 434 Å². The molecule has 4 aromatic carbocycles. The SMILES string of the molecule is C1=CC2CCC1C2.C1CC2CC1C1OC21.Cc1ccc(S(=O)(=O)O)cc1.Cc1ccc(S(=O)(=O)O)cc1.Cc1ccc(S(=O)(=O)OC2CC3CCC2C3)cc1.Cc1ccc(S(=O)(=O)OC2CC3CCC2C3)cc1. The zero-order valence-corrected chi connectivity index (χ0v) is 45.5. The molecule has 13 nitrogen and oxygen atoms in total. The van der Waals surface area contributed by atoms with Gasteiger partial charge in [0.15, 0.2) is 0 Å². The van der Waals surface area contributed by atoms with E-state index in [4.69, 9.17) is 22.2 Å². The van der Waals surface area contributed by atoms with Crippen LogP contribution in [0.4, 0.5) is 0 Å². The Kier molecular flexibility index (Phi) is 17.6. The maximum absolute atomic E-state index is 12.2. The lowest BCUT2D eigenvalue weighted by atomic mass is 9.98. The molecule has 17 heteroatoms. The Morgan fingerprint density at radius 3 is 0.918 bits per heavy atom. The molecule has 0 aromatic heterocycles. The van der Waals surface area contributed by atoms with Gasteiger partial charge in [-0.2, -0.15) is 33.7 Å². The lowest BCUT2D eigenvalue weighted by molar-refractivity contribution is 0.145. The van der Waals surface area contributed by atoms with Gasteiger partial charge in [-0.05, 0) is 213 Å². The number of aryl methyl sites for hydroxylation is 4. The summed E-state index contributed by atoms with van der Waals surface area (Å²) in [5.74, 6) is 6.25. The smallest absolute Gasteiger partial charge is 0.297 e. The maximum atomic E-state index is 12.2. The summed E-state index contributed by atoms with van der Waals surface area (Å²) < 4.78 is 124. The van der Waals surface area contributed by atoms with E-state index in [2.05, 4.69) is 12.2 Å². The van der Waals surface area contributed by atoms with Crippen LogP contribution in [0.1, 0.15) is 112 Å². The molecule has 9 aliphatic rings. The molecule has 398 valence electrons. The maximum Gasteiger partial charge on any atom is 0.297 e. The van der Waals surface area contributed by atoms with E-state index >= 15 is 0 Å². The zero-order chi connectivity index (χ0) is 52.3. The number of allylic oxidation sites excluding steroid dienone is 2. The number of fused-ring (bicyclic) bond motifs is 11. The molecule has 1 aliphatic heterocycles. The highest BCUT2D eigenvalue weighted by Gasteiger charge is 2.59. The molecule has 4 aromatic rings. The van der Waals surface area contributed by atoms with Gasteiger partial charge in [-0.15, -0.1) is 0 Å². The van der Waals surface area contributed by atoms with E-state index in [1.807, 2.05) is 27.7 Å². The second-order valence-electron chi connectivity index (χ2n) is 21.8. The highest BCUT2D eigenvalue weighted by molar-refractivity contribution is 7.87. The summed E-state index contributed by atoms with van der Waals surface area (Å²) in [4.78, 5) is 0.415. The van der Waals surface area contributed by atoms with Crippen molar-refractivity contribution in [1.82, 2.24) is 0 Å². The van der Waals surface area contributed by atoms with Crippen molar-refractivity contribution in [3.8, 4) is 0 Å². The molecule has 8 aliphatic carbocycles. The number of hydrogen-bond acceptors (Lipinski definition) is 11. The molecule has 1 saturated heterocycles. The van der Waals surface area contributed by atoms with Crippen LogP contribution in [0.25, 0.3) is 0 Å². The first-order chi connectivity index (χ1) is 34.5. The van der Waals surface area contributed by atoms with E-state index in [9.17, 15) is 33.7 Å². The van der Waals surface area contributed by atoms with Crippen LogP contribution in [-0.4, -0.2) is 67.2 Å².